The van der Waals surface area contributed by atoms with Crippen molar-refractivity contribution in [3.05, 3.63) is 58.7 Å². The summed E-state index contributed by atoms with van der Waals surface area (Å²) in [5, 5.41) is 0. The Bertz CT molecular complexity index is 1080. The molecule has 188 valence electrons. The second-order valence-corrected chi connectivity index (χ2v) is 11.7. The average Bonchev–Trinajstić information content (AvgIpc) is 2.83. The average molecular weight is 544 g/mol. The molecule has 0 heterocycles. The molecule has 35 heavy (non-hydrogen) atoms. The number of ether oxygens (including phenoxy) is 4. The Kier molecular flexibility index (Phi) is 9.44. The van der Waals surface area contributed by atoms with Crippen LogP contribution in [-0.4, -0.2) is 54.6 Å². The number of benzene rings is 2. The summed E-state index contributed by atoms with van der Waals surface area (Å²) in [7, 11) is 1.65. The minimum atomic E-state index is -0.315. The first-order valence-corrected chi connectivity index (χ1v) is 13.7. The van der Waals surface area contributed by atoms with E-state index in [4.69, 9.17) is 18.9 Å². The molecule has 0 bridgehead atoms. The summed E-state index contributed by atoms with van der Waals surface area (Å²) in [5.74, 6) is 3.77. The van der Waals surface area contributed by atoms with Crippen molar-refractivity contribution in [1.29, 1.82) is 0 Å². The number of methoxy groups -OCH3 is 1. The standard InChI is InChI=1S/C29H36O5Se/c1-7-33-27(30)22-10-8-21(9-11-22)12-17-35-26-19-24-23(28(2,3)13-14-29(24,4)5)18-25(26)34-20-32-16-15-31-6/h8-11,18-19H,7,13-16,20H2,1-6H3. The number of hydrogen-bond donors (Lipinski definition) is 0. The number of esters is 1. The molecule has 0 spiro atoms. The molecule has 2 aromatic rings. The molecule has 3 rings (SSSR count). The zero-order valence-corrected chi connectivity index (χ0v) is 23.4. The predicted octanol–water partition coefficient (Wildman–Crippen LogP) is 4.55. The summed E-state index contributed by atoms with van der Waals surface area (Å²) < 4.78 is 22.9. The molecular weight excluding hydrogens is 507 g/mol. The van der Waals surface area contributed by atoms with Gasteiger partial charge in [-0.25, -0.2) is 0 Å². The van der Waals surface area contributed by atoms with Crippen molar-refractivity contribution in [2.24, 2.45) is 0 Å². The first-order valence-electron chi connectivity index (χ1n) is 12.0. The third kappa shape index (κ3) is 7.12. The van der Waals surface area contributed by atoms with Gasteiger partial charge < -0.3 is 0 Å². The number of carbonyl (C=O) groups excluding carboxylic acids is 1. The Morgan fingerprint density at radius 3 is 2.29 bits per heavy atom. The molecule has 0 amide bonds. The van der Waals surface area contributed by atoms with Crippen LogP contribution < -0.4 is 9.20 Å². The number of hydrogen-bond acceptors (Lipinski definition) is 5. The van der Waals surface area contributed by atoms with E-state index < -0.39 is 0 Å². The van der Waals surface area contributed by atoms with Gasteiger partial charge in [0.25, 0.3) is 0 Å². The van der Waals surface area contributed by atoms with Crippen LogP contribution >= 0.6 is 0 Å². The molecule has 0 saturated carbocycles. The molecule has 6 heteroatoms. The molecule has 0 aliphatic heterocycles. The zero-order valence-electron chi connectivity index (χ0n) is 21.7. The van der Waals surface area contributed by atoms with Crippen LogP contribution in [0.4, 0.5) is 0 Å². The fourth-order valence-corrected chi connectivity index (χ4v) is 5.53. The van der Waals surface area contributed by atoms with Gasteiger partial charge in [0, 0.05) is 0 Å². The van der Waals surface area contributed by atoms with E-state index in [1.54, 1.807) is 26.2 Å². The first-order chi connectivity index (χ1) is 16.7. The van der Waals surface area contributed by atoms with Crippen molar-refractivity contribution in [3.8, 4) is 16.5 Å². The molecule has 0 saturated heterocycles. The van der Waals surface area contributed by atoms with Crippen LogP contribution in [0.1, 0.15) is 74.5 Å². The summed E-state index contributed by atoms with van der Waals surface area (Å²) in [6.07, 6.45) is 2.29. The van der Waals surface area contributed by atoms with Crippen molar-refractivity contribution >= 4 is 25.4 Å². The van der Waals surface area contributed by atoms with Gasteiger partial charge in [-0.1, -0.05) is 0 Å². The topological polar surface area (TPSA) is 54.0 Å². The Morgan fingerprint density at radius 2 is 1.66 bits per heavy atom. The monoisotopic (exact) mass is 544 g/mol. The van der Waals surface area contributed by atoms with E-state index in [0.29, 0.717) is 25.4 Å². The van der Waals surface area contributed by atoms with Crippen molar-refractivity contribution in [1.82, 2.24) is 0 Å². The minimum absolute atomic E-state index is 0.0950. The van der Waals surface area contributed by atoms with E-state index in [2.05, 4.69) is 50.6 Å². The van der Waals surface area contributed by atoms with E-state index >= 15 is 0 Å². The first kappa shape index (κ1) is 27.3. The second-order valence-electron chi connectivity index (χ2n) is 9.90. The SMILES string of the molecule is CCOC(=O)c1ccc(C#C[Se]c2cc3c(cc2OCOCCOC)C(C)(C)CCC3(C)C)cc1. The van der Waals surface area contributed by atoms with Gasteiger partial charge in [-0.3, -0.25) is 0 Å². The van der Waals surface area contributed by atoms with Crippen LogP contribution in [0, 0.1) is 10.7 Å². The van der Waals surface area contributed by atoms with Gasteiger partial charge in [-0.05, 0) is 0 Å². The summed E-state index contributed by atoms with van der Waals surface area (Å²) in [6.45, 7) is 12.6. The maximum atomic E-state index is 11.9. The van der Waals surface area contributed by atoms with Crippen LogP contribution in [0.15, 0.2) is 36.4 Å². The molecule has 2 aromatic carbocycles. The van der Waals surface area contributed by atoms with E-state index in [-0.39, 0.29) is 38.5 Å². The molecule has 0 N–H and O–H groups in total. The number of fused-ring (bicyclic) bond motifs is 1. The maximum absolute atomic E-state index is 11.9. The molecule has 0 atom stereocenters. The van der Waals surface area contributed by atoms with Crippen LogP contribution in [0.2, 0.25) is 0 Å². The van der Waals surface area contributed by atoms with Crippen molar-refractivity contribution < 1.29 is 23.7 Å². The van der Waals surface area contributed by atoms with Crippen molar-refractivity contribution in [2.45, 2.75) is 58.3 Å². The molecule has 5 nitrogen and oxygen atoms in total. The van der Waals surface area contributed by atoms with Crippen molar-refractivity contribution in [3.63, 3.8) is 0 Å². The van der Waals surface area contributed by atoms with E-state index in [9.17, 15) is 4.79 Å². The molecule has 0 aromatic heterocycles. The molecule has 0 radical (unpaired) electrons. The fraction of sp³-hybridized carbons (Fsp3) is 0.483. The molecule has 1 aliphatic rings. The third-order valence-electron chi connectivity index (χ3n) is 6.40. The van der Waals surface area contributed by atoms with Gasteiger partial charge in [-0.15, -0.1) is 0 Å². The second kappa shape index (κ2) is 12.1. The summed E-state index contributed by atoms with van der Waals surface area (Å²) in [5.41, 5.74) is 4.34. The summed E-state index contributed by atoms with van der Waals surface area (Å²) >= 11 is -0.117. The van der Waals surface area contributed by atoms with Crippen molar-refractivity contribution in [2.75, 3.05) is 33.7 Å². The van der Waals surface area contributed by atoms with Gasteiger partial charge in [-0.2, -0.15) is 0 Å². The van der Waals surface area contributed by atoms with Gasteiger partial charge in [0.1, 0.15) is 0 Å². The van der Waals surface area contributed by atoms with E-state index in [1.165, 1.54) is 11.1 Å². The van der Waals surface area contributed by atoms with Crippen LogP contribution in [0.3, 0.4) is 0 Å². The molecular formula is C29H36O5Se. The van der Waals surface area contributed by atoms with E-state index in [1.807, 2.05) is 12.1 Å². The normalized spacial score (nSPS) is 15.5. The Morgan fingerprint density at radius 1 is 1.00 bits per heavy atom. The Labute approximate surface area is 216 Å². The number of carbonyl (C=O) groups is 1. The van der Waals surface area contributed by atoms with Gasteiger partial charge in [0.15, 0.2) is 0 Å². The summed E-state index contributed by atoms with van der Waals surface area (Å²) in [4.78, 5) is 15.2. The Balaban J connectivity index is 1.85. The third-order valence-corrected chi connectivity index (χ3v) is 7.96. The quantitative estimate of drug-likeness (QED) is 0.153. The molecule has 0 fully saturated rings. The van der Waals surface area contributed by atoms with Gasteiger partial charge in [0.05, 0.1) is 0 Å². The predicted molar refractivity (Wildman–Crippen MR) is 140 cm³/mol. The van der Waals surface area contributed by atoms with Crippen LogP contribution in [0.25, 0.3) is 0 Å². The van der Waals surface area contributed by atoms with Gasteiger partial charge >= 0.3 is 216 Å². The number of rotatable bonds is 9. The van der Waals surface area contributed by atoms with E-state index in [0.717, 1.165) is 28.6 Å². The Hall–Kier alpha value is -2.29. The van der Waals surface area contributed by atoms with Crippen LogP contribution in [-0.2, 0) is 25.0 Å². The summed E-state index contributed by atoms with van der Waals surface area (Å²) in [6, 6.07) is 11.7. The molecule has 0 unspecified atom stereocenters. The fourth-order valence-electron chi connectivity index (χ4n) is 4.12. The van der Waals surface area contributed by atoms with Crippen LogP contribution in [0.5, 0.6) is 5.75 Å². The zero-order chi connectivity index (χ0) is 25.5. The van der Waals surface area contributed by atoms with Gasteiger partial charge in [0.2, 0.25) is 0 Å². The molecule has 1 aliphatic carbocycles.